The van der Waals surface area contributed by atoms with Crippen molar-refractivity contribution in [3.05, 3.63) is 59.9 Å². The van der Waals surface area contributed by atoms with Gasteiger partial charge >= 0.3 is 5.92 Å². The van der Waals surface area contributed by atoms with E-state index in [1.807, 2.05) is 18.2 Å². The summed E-state index contributed by atoms with van der Waals surface area (Å²) in [6.45, 7) is -0.0518. The molecular weight excluding hydrogens is 350 g/mol. The molecule has 0 spiro atoms. The molecule has 0 radical (unpaired) electrons. The van der Waals surface area contributed by atoms with E-state index in [1.165, 1.54) is 18.3 Å². The van der Waals surface area contributed by atoms with Crippen molar-refractivity contribution >= 4 is 34.5 Å². The molecule has 0 atom stereocenters. The lowest BCUT2D eigenvalue weighted by Crippen LogP contribution is -2.26. The average Bonchev–Trinajstić information content (AvgIpc) is 3.21. The Kier molecular flexibility index (Phi) is 4.23. The number of alkyl halides is 2. The van der Waals surface area contributed by atoms with E-state index in [0.29, 0.717) is 17.4 Å². The van der Waals surface area contributed by atoms with Crippen LogP contribution in [0.3, 0.4) is 0 Å². The summed E-state index contributed by atoms with van der Waals surface area (Å²) in [6, 6.07) is 9.95. The highest BCUT2D eigenvalue weighted by Crippen LogP contribution is 2.29. The molecule has 3 N–H and O–H groups in total. The molecule has 0 fully saturated rings. The molecular formula is C19H16F2N6. The molecule has 0 unspecified atom stereocenters. The first-order valence-electron chi connectivity index (χ1n) is 8.33. The minimum Gasteiger partial charge on any atom is -0.368 e. The number of pyridine rings is 1. The van der Waals surface area contributed by atoms with Crippen molar-refractivity contribution in [1.29, 1.82) is 0 Å². The molecule has 4 rings (SSSR count). The van der Waals surface area contributed by atoms with Crippen molar-refractivity contribution in [2.24, 2.45) is 4.99 Å². The number of hydrogen-bond acceptors (Lipinski definition) is 6. The van der Waals surface area contributed by atoms with Gasteiger partial charge in [0, 0.05) is 17.8 Å². The topological polar surface area (TPSA) is 89.1 Å². The number of allylic oxidation sites excluding steroid dienone is 1. The summed E-state index contributed by atoms with van der Waals surface area (Å²) < 4.78 is 28.8. The van der Waals surface area contributed by atoms with Crippen molar-refractivity contribution in [2.45, 2.75) is 5.92 Å². The van der Waals surface area contributed by atoms with E-state index < -0.39 is 12.5 Å². The van der Waals surface area contributed by atoms with Crippen LogP contribution < -0.4 is 11.1 Å². The summed E-state index contributed by atoms with van der Waals surface area (Å²) in [7, 11) is 0. The highest BCUT2D eigenvalue weighted by Gasteiger charge is 2.33. The number of hydrogen-bond donors (Lipinski definition) is 2. The van der Waals surface area contributed by atoms with Gasteiger partial charge in [0.15, 0.2) is 0 Å². The predicted molar refractivity (Wildman–Crippen MR) is 102 cm³/mol. The van der Waals surface area contributed by atoms with Crippen molar-refractivity contribution in [3.8, 4) is 0 Å². The summed E-state index contributed by atoms with van der Waals surface area (Å²) in [5.41, 5.74) is 8.07. The number of rotatable bonds is 5. The second kappa shape index (κ2) is 6.71. The third-order valence-corrected chi connectivity index (χ3v) is 4.25. The Bertz CT molecular complexity index is 1050. The Morgan fingerprint density at radius 1 is 1.15 bits per heavy atom. The highest BCUT2D eigenvalue weighted by molar-refractivity contribution is 5.95. The summed E-state index contributed by atoms with van der Waals surface area (Å²) in [4.78, 5) is 16.2. The number of nitrogens with zero attached hydrogens (tertiary/aromatic N) is 4. The van der Waals surface area contributed by atoms with Gasteiger partial charge in [-0.05, 0) is 41.5 Å². The Labute approximate surface area is 153 Å². The van der Waals surface area contributed by atoms with E-state index in [4.69, 9.17) is 5.73 Å². The van der Waals surface area contributed by atoms with Crippen LogP contribution in [0.25, 0.3) is 16.5 Å². The molecule has 3 aromatic rings. The smallest absolute Gasteiger partial charge is 0.306 e. The standard InChI is InChI=1S/C19H16F2N6/c20-19(21,16-3-1-2-7-24-16)11-25-17-14-5-4-12(13-6-8-23-10-13)9-15(14)26-18(22)27-17/h1-9H,10-11H2,(H3,22,25,26,27). The van der Waals surface area contributed by atoms with Crippen LogP contribution in [0.2, 0.25) is 0 Å². The summed E-state index contributed by atoms with van der Waals surface area (Å²) in [5, 5.41) is 3.31. The van der Waals surface area contributed by atoms with Crippen LogP contribution in [-0.4, -0.2) is 34.3 Å². The Balaban J connectivity index is 1.63. The minimum atomic E-state index is -3.15. The number of aliphatic imine (C=N–C) groups is 1. The summed E-state index contributed by atoms with van der Waals surface area (Å²) in [6.07, 6.45) is 5.02. The number of nitrogens with two attached hydrogens (primary N) is 1. The van der Waals surface area contributed by atoms with E-state index in [9.17, 15) is 8.78 Å². The fourth-order valence-corrected chi connectivity index (χ4v) is 2.88. The van der Waals surface area contributed by atoms with Crippen LogP contribution in [0.4, 0.5) is 20.5 Å². The van der Waals surface area contributed by atoms with Gasteiger partial charge in [-0.1, -0.05) is 12.1 Å². The molecule has 0 saturated carbocycles. The van der Waals surface area contributed by atoms with E-state index in [1.54, 1.807) is 18.3 Å². The van der Waals surface area contributed by atoms with Gasteiger partial charge in [0.25, 0.3) is 0 Å². The summed E-state index contributed by atoms with van der Waals surface area (Å²) in [5.74, 6) is -2.88. The van der Waals surface area contributed by atoms with E-state index in [0.717, 1.165) is 11.1 Å². The average molecular weight is 366 g/mol. The molecule has 1 aromatic carbocycles. The number of benzene rings is 1. The molecule has 27 heavy (non-hydrogen) atoms. The fourth-order valence-electron chi connectivity index (χ4n) is 2.88. The summed E-state index contributed by atoms with van der Waals surface area (Å²) >= 11 is 0. The van der Waals surface area contributed by atoms with Gasteiger partial charge in [-0.3, -0.25) is 9.98 Å². The van der Waals surface area contributed by atoms with Crippen LogP contribution in [0.1, 0.15) is 11.3 Å². The van der Waals surface area contributed by atoms with Gasteiger partial charge in [0.1, 0.15) is 11.5 Å². The van der Waals surface area contributed by atoms with Crippen molar-refractivity contribution < 1.29 is 8.78 Å². The van der Waals surface area contributed by atoms with Crippen LogP contribution in [0.5, 0.6) is 0 Å². The predicted octanol–water partition coefficient (Wildman–Crippen LogP) is 3.28. The minimum absolute atomic E-state index is 0.0138. The second-order valence-electron chi connectivity index (χ2n) is 6.12. The molecule has 1 aliphatic heterocycles. The number of fused-ring (bicyclic) bond motifs is 1. The maximum absolute atomic E-state index is 14.4. The van der Waals surface area contributed by atoms with Crippen LogP contribution in [0.15, 0.2) is 53.7 Å². The Hall–Kier alpha value is -3.42. The lowest BCUT2D eigenvalue weighted by atomic mass is 10.0. The lowest BCUT2D eigenvalue weighted by molar-refractivity contribution is 0.00595. The van der Waals surface area contributed by atoms with E-state index >= 15 is 0 Å². The molecule has 0 amide bonds. The van der Waals surface area contributed by atoms with Gasteiger partial charge < -0.3 is 11.1 Å². The maximum Gasteiger partial charge on any atom is 0.306 e. The van der Waals surface area contributed by atoms with Gasteiger partial charge in [-0.2, -0.15) is 13.8 Å². The van der Waals surface area contributed by atoms with E-state index in [2.05, 4.69) is 25.3 Å². The van der Waals surface area contributed by atoms with Gasteiger partial charge in [-0.25, -0.2) is 4.98 Å². The van der Waals surface area contributed by atoms with Crippen LogP contribution >= 0.6 is 0 Å². The van der Waals surface area contributed by atoms with Gasteiger partial charge in [0.05, 0.1) is 18.6 Å². The van der Waals surface area contributed by atoms with Crippen LogP contribution in [-0.2, 0) is 5.92 Å². The van der Waals surface area contributed by atoms with E-state index in [-0.39, 0.29) is 17.5 Å². The molecule has 3 heterocycles. The highest BCUT2D eigenvalue weighted by atomic mass is 19.3. The molecule has 136 valence electrons. The third-order valence-electron chi connectivity index (χ3n) is 4.25. The fraction of sp³-hybridized carbons (Fsp3) is 0.158. The zero-order valence-electron chi connectivity index (χ0n) is 14.2. The van der Waals surface area contributed by atoms with Gasteiger partial charge in [0.2, 0.25) is 5.95 Å². The zero-order chi connectivity index (χ0) is 18.9. The van der Waals surface area contributed by atoms with Crippen molar-refractivity contribution in [2.75, 3.05) is 24.1 Å². The first-order valence-corrected chi connectivity index (χ1v) is 8.33. The SMILES string of the molecule is Nc1nc(NCC(F)(F)c2ccccn2)c2ccc(C3=CC=NC3)cc2n1. The molecule has 0 saturated heterocycles. The molecule has 1 aliphatic rings. The third kappa shape index (κ3) is 3.46. The number of nitrogens with one attached hydrogen (secondary N) is 1. The quantitative estimate of drug-likeness (QED) is 0.723. The first kappa shape index (κ1) is 17.0. The Morgan fingerprint density at radius 2 is 2.04 bits per heavy atom. The molecule has 8 heteroatoms. The number of halogens is 2. The zero-order valence-corrected chi connectivity index (χ0v) is 14.2. The Morgan fingerprint density at radius 3 is 2.78 bits per heavy atom. The molecule has 0 bridgehead atoms. The normalized spacial score (nSPS) is 13.8. The van der Waals surface area contributed by atoms with Gasteiger partial charge in [-0.15, -0.1) is 0 Å². The number of anilines is 2. The largest absolute Gasteiger partial charge is 0.368 e. The maximum atomic E-state index is 14.4. The number of aromatic nitrogens is 3. The molecule has 0 aliphatic carbocycles. The monoisotopic (exact) mass is 366 g/mol. The van der Waals surface area contributed by atoms with Crippen molar-refractivity contribution in [1.82, 2.24) is 15.0 Å². The lowest BCUT2D eigenvalue weighted by Gasteiger charge is -2.17. The molecule has 6 nitrogen and oxygen atoms in total. The first-order chi connectivity index (χ1) is 13.0. The second-order valence-corrected chi connectivity index (χ2v) is 6.12. The number of nitrogen functional groups attached to an aromatic ring is 1. The van der Waals surface area contributed by atoms with Crippen LogP contribution in [0, 0.1) is 0 Å². The van der Waals surface area contributed by atoms with Crippen molar-refractivity contribution in [3.63, 3.8) is 0 Å². The molecule has 2 aromatic heterocycles.